The van der Waals surface area contributed by atoms with Crippen molar-refractivity contribution in [1.29, 1.82) is 0 Å². The van der Waals surface area contributed by atoms with Crippen LogP contribution in [0.3, 0.4) is 0 Å². The number of aromatic nitrogens is 1. The van der Waals surface area contributed by atoms with E-state index in [1.54, 1.807) is 18.3 Å². The van der Waals surface area contributed by atoms with Gasteiger partial charge in [0.15, 0.2) is 5.84 Å². The van der Waals surface area contributed by atoms with Crippen LogP contribution < -0.4 is 11.1 Å². The second-order valence-corrected chi connectivity index (χ2v) is 5.57. The summed E-state index contributed by atoms with van der Waals surface area (Å²) in [5, 5.41) is 15.1. The van der Waals surface area contributed by atoms with Crippen molar-refractivity contribution in [3.63, 3.8) is 0 Å². The van der Waals surface area contributed by atoms with Crippen LogP contribution >= 0.6 is 0 Å². The average molecular weight is 290 g/mol. The van der Waals surface area contributed by atoms with E-state index in [0.29, 0.717) is 18.5 Å². The Kier molecular flexibility index (Phi) is 4.77. The first-order valence-electron chi connectivity index (χ1n) is 7.31. The van der Waals surface area contributed by atoms with E-state index in [-0.39, 0.29) is 11.7 Å². The smallest absolute Gasteiger partial charge is 0.238 e. The molecule has 6 heteroatoms. The van der Waals surface area contributed by atoms with Crippen LogP contribution in [0.2, 0.25) is 0 Å². The molecule has 1 amide bonds. The fourth-order valence-electron chi connectivity index (χ4n) is 2.89. The van der Waals surface area contributed by atoms with Gasteiger partial charge in [-0.3, -0.25) is 9.78 Å². The standard InChI is InChI=1S/C15H22N4O2/c1-11-12(7-6-10-17-11)18-14(20)15(13(16)19-21)8-4-2-3-5-9-15/h6-7,10,21H,2-5,8-9H2,1H3,(H2,16,19)(H,18,20). The minimum absolute atomic E-state index is 0.00319. The quantitative estimate of drug-likeness (QED) is 0.261. The van der Waals surface area contributed by atoms with Crippen LogP contribution in [0.5, 0.6) is 0 Å². The molecule has 4 N–H and O–H groups in total. The largest absolute Gasteiger partial charge is 0.409 e. The fraction of sp³-hybridized carbons (Fsp3) is 0.533. The van der Waals surface area contributed by atoms with Gasteiger partial charge in [-0.25, -0.2) is 0 Å². The van der Waals surface area contributed by atoms with Crippen molar-refractivity contribution in [3.05, 3.63) is 24.0 Å². The molecule has 0 bridgehead atoms. The van der Waals surface area contributed by atoms with E-state index >= 15 is 0 Å². The summed E-state index contributed by atoms with van der Waals surface area (Å²) in [5.41, 5.74) is 6.35. The highest BCUT2D eigenvalue weighted by molar-refractivity contribution is 6.12. The molecule has 1 aliphatic rings. The molecule has 0 radical (unpaired) electrons. The molecule has 114 valence electrons. The Labute approximate surface area is 124 Å². The van der Waals surface area contributed by atoms with Gasteiger partial charge in [0, 0.05) is 6.20 Å². The van der Waals surface area contributed by atoms with Crippen molar-refractivity contribution in [2.24, 2.45) is 16.3 Å². The summed E-state index contributed by atoms with van der Waals surface area (Å²) in [6.45, 7) is 1.83. The van der Waals surface area contributed by atoms with Crippen molar-refractivity contribution < 1.29 is 10.0 Å². The van der Waals surface area contributed by atoms with E-state index in [4.69, 9.17) is 10.9 Å². The molecular formula is C15H22N4O2. The lowest BCUT2D eigenvalue weighted by Gasteiger charge is -2.30. The molecule has 0 saturated heterocycles. The highest BCUT2D eigenvalue weighted by atomic mass is 16.4. The van der Waals surface area contributed by atoms with Crippen molar-refractivity contribution in [2.45, 2.75) is 45.4 Å². The molecule has 0 aliphatic heterocycles. The number of pyridine rings is 1. The highest BCUT2D eigenvalue weighted by Crippen LogP contribution is 2.36. The van der Waals surface area contributed by atoms with Gasteiger partial charge in [0.1, 0.15) is 5.41 Å². The van der Waals surface area contributed by atoms with E-state index in [9.17, 15) is 4.79 Å². The van der Waals surface area contributed by atoms with Gasteiger partial charge < -0.3 is 16.3 Å². The third-order valence-corrected chi connectivity index (χ3v) is 4.24. The number of anilines is 1. The van der Waals surface area contributed by atoms with Crippen LogP contribution in [0.25, 0.3) is 0 Å². The lowest BCUT2D eigenvalue weighted by molar-refractivity contribution is -0.123. The topological polar surface area (TPSA) is 101 Å². The molecule has 1 aromatic rings. The van der Waals surface area contributed by atoms with Crippen LogP contribution in [-0.2, 0) is 4.79 Å². The van der Waals surface area contributed by atoms with Crippen molar-refractivity contribution >= 4 is 17.4 Å². The first-order chi connectivity index (χ1) is 10.1. The number of carbonyl (C=O) groups excluding carboxylic acids is 1. The number of aryl methyl sites for hydroxylation is 1. The summed E-state index contributed by atoms with van der Waals surface area (Å²) >= 11 is 0. The molecule has 21 heavy (non-hydrogen) atoms. The third kappa shape index (κ3) is 3.15. The molecule has 1 aliphatic carbocycles. The number of rotatable bonds is 3. The minimum atomic E-state index is -0.923. The van der Waals surface area contributed by atoms with Gasteiger partial charge in [-0.05, 0) is 31.9 Å². The van der Waals surface area contributed by atoms with Gasteiger partial charge in [0.05, 0.1) is 11.4 Å². The summed E-state index contributed by atoms with van der Waals surface area (Å²) in [7, 11) is 0. The summed E-state index contributed by atoms with van der Waals surface area (Å²) in [6.07, 6.45) is 6.82. The van der Waals surface area contributed by atoms with Crippen LogP contribution in [0.1, 0.15) is 44.2 Å². The second kappa shape index (κ2) is 6.56. The molecule has 1 fully saturated rings. The van der Waals surface area contributed by atoms with E-state index in [2.05, 4.69) is 15.5 Å². The molecule has 1 heterocycles. The van der Waals surface area contributed by atoms with Crippen molar-refractivity contribution in [1.82, 2.24) is 4.98 Å². The maximum absolute atomic E-state index is 12.8. The number of amidine groups is 1. The Morgan fingerprint density at radius 1 is 1.38 bits per heavy atom. The van der Waals surface area contributed by atoms with Crippen LogP contribution in [0.4, 0.5) is 5.69 Å². The molecule has 2 rings (SSSR count). The molecule has 1 saturated carbocycles. The average Bonchev–Trinajstić information content (AvgIpc) is 2.75. The monoisotopic (exact) mass is 290 g/mol. The molecular weight excluding hydrogens is 268 g/mol. The Bertz CT molecular complexity index is 534. The zero-order valence-electron chi connectivity index (χ0n) is 12.3. The van der Waals surface area contributed by atoms with E-state index < -0.39 is 5.41 Å². The van der Waals surface area contributed by atoms with Crippen molar-refractivity contribution in [3.8, 4) is 0 Å². The van der Waals surface area contributed by atoms with Gasteiger partial charge in [0.2, 0.25) is 5.91 Å². The first kappa shape index (κ1) is 15.3. The highest BCUT2D eigenvalue weighted by Gasteiger charge is 2.43. The summed E-state index contributed by atoms with van der Waals surface area (Å²) in [4.78, 5) is 16.9. The number of hydrogen-bond donors (Lipinski definition) is 3. The van der Waals surface area contributed by atoms with E-state index in [1.807, 2.05) is 6.92 Å². The van der Waals surface area contributed by atoms with E-state index in [1.165, 1.54) is 0 Å². The Morgan fingerprint density at radius 2 is 2.05 bits per heavy atom. The fourth-order valence-corrected chi connectivity index (χ4v) is 2.89. The molecule has 0 atom stereocenters. The number of nitrogens with two attached hydrogens (primary N) is 1. The predicted octanol–water partition coefficient (Wildman–Crippen LogP) is 2.42. The van der Waals surface area contributed by atoms with Gasteiger partial charge in [0.25, 0.3) is 0 Å². The number of nitrogens with zero attached hydrogens (tertiary/aromatic N) is 2. The van der Waals surface area contributed by atoms with Gasteiger partial charge >= 0.3 is 0 Å². The predicted molar refractivity (Wildman–Crippen MR) is 81.1 cm³/mol. The zero-order valence-corrected chi connectivity index (χ0v) is 12.3. The van der Waals surface area contributed by atoms with E-state index in [0.717, 1.165) is 31.4 Å². The van der Waals surface area contributed by atoms with Crippen molar-refractivity contribution in [2.75, 3.05) is 5.32 Å². The summed E-state index contributed by atoms with van der Waals surface area (Å²) in [5.74, 6) is -0.209. The maximum Gasteiger partial charge on any atom is 0.238 e. The molecule has 0 aromatic carbocycles. The Morgan fingerprint density at radius 3 is 2.62 bits per heavy atom. The molecule has 1 aromatic heterocycles. The molecule has 6 nitrogen and oxygen atoms in total. The SMILES string of the molecule is Cc1ncccc1NC(=O)C1(C(N)=NO)CCCCCC1. The van der Waals surface area contributed by atoms with Gasteiger partial charge in [-0.2, -0.15) is 0 Å². The zero-order chi connectivity index (χ0) is 15.3. The summed E-state index contributed by atoms with van der Waals surface area (Å²) < 4.78 is 0. The molecule has 0 spiro atoms. The number of carbonyl (C=O) groups is 1. The number of hydrogen-bond acceptors (Lipinski definition) is 4. The lowest BCUT2D eigenvalue weighted by Crippen LogP contribution is -2.47. The van der Waals surface area contributed by atoms with Crippen LogP contribution in [0.15, 0.2) is 23.5 Å². The maximum atomic E-state index is 12.8. The minimum Gasteiger partial charge on any atom is -0.409 e. The number of nitrogens with one attached hydrogen (secondary N) is 1. The van der Waals surface area contributed by atoms with Gasteiger partial charge in [-0.1, -0.05) is 30.8 Å². The number of amides is 1. The Hall–Kier alpha value is -2.11. The molecule has 0 unspecified atom stereocenters. The van der Waals surface area contributed by atoms with Crippen LogP contribution in [-0.4, -0.2) is 21.9 Å². The van der Waals surface area contributed by atoms with Crippen LogP contribution in [0, 0.1) is 12.3 Å². The third-order valence-electron chi connectivity index (χ3n) is 4.24. The van der Waals surface area contributed by atoms with Gasteiger partial charge in [-0.15, -0.1) is 0 Å². The Balaban J connectivity index is 2.28. The summed E-state index contributed by atoms with van der Waals surface area (Å²) in [6, 6.07) is 3.57. The first-order valence-corrected chi connectivity index (χ1v) is 7.31. The normalized spacial score (nSPS) is 18.8. The lowest BCUT2D eigenvalue weighted by atomic mass is 9.78. The number of oxime groups is 1. The second-order valence-electron chi connectivity index (χ2n) is 5.57.